The van der Waals surface area contributed by atoms with Crippen molar-refractivity contribution in [1.82, 2.24) is 0 Å². The predicted octanol–water partition coefficient (Wildman–Crippen LogP) is 3.34. The lowest BCUT2D eigenvalue weighted by molar-refractivity contribution is 0.485. The molecule has 0 amide bonds. The van der Waals surface area contributed by atoms with Gasteiger partial charge < -0.3 is 4.74 Å². The highest BCUT2D eigenvalue weighted by atomic mass is 16.5. The molecule has 3 rings (SSSR count). The summed E-state index contributed by atoms with van der Waals surface area (Å²) in [4.78, 5) is 4.35. The number of aliphatic imine (C=N–C) groups is 1. The van der Waals surface area contributed by atoms with Crippen LogP contribution in [-0.4, -0.2) is 6.21 Å². The van der Waals surface area contributed by atoms with E-state index in [1.807, 2.05) is 42.5 Å². The summed E-state index contributed by atoms with van der Waals surface area (Å²) in [5.41, 5.74) is 1.73. The normalized spacial score (nSPS) is 12.3. The Morgan fingerprint density at radius 1 is 1.00 bits per heavy atom. The average Bonchev–Trinajstić information content (AvgIpc) is 2.48. The minimum absolute atomic E-state index is 0.784. The van der Waals surface area contributed by atoms with Gasteiger partial charge in [0, 0.05) is 11.8 Å². The third kappa shape index (κ3) is 1.40. The minimum atomic E-state index is 0.784. The van der Waals surface area contributed by atoms with E-state index in [1.54, 1.807) is 6.21 Å². The van der Waals surface area contributed by atoms with E-state index in [0.29, 0.717) is 0 Å². The number of nitrogens with zero attached hydrogens (tertiary/aromatic N) is 1. The molecule has 1 heterocycles. The van der Waals surface area contributed by atoms with Crippen molar-refractivity contribution in [2.24, 2.45) is 4.99 Å². The van der Waals surface area contributed by atoms with Crippen molar-refractivity contribution in [1.29, 1.82) is 0 Å². The van der Waals surface area contributed by atoms with E-state index in [0.717, 1.165) is 22.7 Å². The second kappa shape index (κ2) is 3.24. The Hall–Kier alpha value is -2.09. The van der Waals surface area contributed by atoms with Crippen LogP contribution in [0.5, 0.6) is 11.5 Å². The lowest BCUT2D eigenvalue weighted by atomic mass is 10.2. The van der Waals surface area contributed by atoms with Crippen LogP contribution in [-0.2, 0) is 0 Å². The van der Waals surface area contributed by atoms with Gasteiger partial charge in [0.05, 0.1) is 0 Å². The molecule has 0 fully saturated rings. The summed E-state index contributed by atoms with van der Waals surface area (Å²) in [6, 6.07) is 16.5. The molecule has 1 aliphatic heterocycles. The molecular weight excluding hydrogens is 186 g/mol. The fourth-order valence-corrected chi connectivity index (χ4v) is 1.53. The smallest absolute Gasteiger partial charge is 0.153 e. The largest absolute Gasteiger partial charge is 0.454 e. The second-order valence-electron chi connectivity index (χ2n) is 3.28. The minimum Gasteiger partial charge on any atom is -0.454 e. The molecule has 2 aromatic carbocycles. The maximum Gasteiger partial charge on any atom is 0.153 e. The van der Waals surface area contributed by atoms with Gasteiger partial charge in [-0.25, -0.2) is 0 Å². The predicted molar refractivity (Wildman–Crippen MR) is 59.0 cm³/mol. The summed E-state index contributed by atoms with van der Waals surface area (Å²) >= 11 is 0. The summed E-state index contributed by atoms with van der Waals surface area (Å²) < 4.78 is 5.75. The molecule has 0 aliphatic carbocycles. The van der Waals surface area contributed by atoms with Crippen LogP contribution in [0.1, 0.15) is 5.56 Å². The third-order valence-corrected chi connectivity index (χ3v) is 2.27. The molecule has 1 aliphatic rings. The maximum atomic E-state index is 5.75. The van der Waals surface area contributed by atoms with Crippen LogP contribution >= 0.6 is 0 Å². The first-order chi connectivity index (χ1) is 7.43. The monoisotopic (exact) mass is 194 g/mol. The lowest BCUT2D eigenvalue weighted by Crippen LogP contribution is -1.87. The van der Waals surface area contributed by atoms with Gasteiger partial charge in [-0.1, -0.05) is 24.3 Å². The van der Waals surface area contributed by atoms with Gasteiger partial charge in [-0.15, -0.1) is 0 Å². The number of para-hydroxylation sites is 2. The van der Waals surface area contributed by atoms with Gasteiger partial charge >= 0.3 is 0 Å². The van der Waals surface area contributed by atoms with E-state index in [9.17, 15) is 0 Å². The van der Waals surface area contributed by atoms with Gasteiger partial charge in [-0.3, -0.25) is 4.99 Å². The molecule has 2 aromatic rings. The molecular formula is C13H8NO. The number of benzene rings is 2. The first-order valence-electron chi connectivity index (χ1n) is 4.75. The van der Waals surface area contributed by atoms with Crippen LogP contribution in [0, 0.1) is 6.07 Å². The maximum absolute atomic E-state index is 5.75. The molecule has 1 radical (unpaired) electrons. The summed E-state index contributed by atoms with van der Waals surface area (Å²) in [6.45, 7) is 0. The summed E-state index contributed by atoms with van der Waals surface area (Å²) in [5, 5.41) is 0. The fourth-order valence-electron chi connectivity index (χ4n) is 1.53. The van der Waals surface area contributed by atoms with Gasteiger partial charge in [0.15, 0.2) is 5.75 Å². The molecule has 0 atom stereocenters. The first-order valence-corrected chi connectivity index (χ1v) is 4.75. The standard InChI is InChI=1S/C13H8NO/c1-3-7-12-10(5-1)9-14-11-6-2-4-8-13(11)15-12/h1-4,6-9H. The zero-order chi connectivity index (χ0) is 10.1. The zero-order valence-corrected chi connectivity index (χ0v) is 7.97. The van der Waals surface area contributed by atoms with Crippen LogP contribution in [0.4, 0.5) is 5.69 Å². The zero-order valence-electron chi connectivity index (χ0n) is 7.97. The molecule has 0 N–H and O–H groups in total. The second-order valence-corrected chi connectivity index (χ2v) is 3.28. The van der Waals surface area contributed by atoms with Crippen LogP contribution in [0.2, 0.25) is 0 Å². The number of fused-ring (bicyclic) bond motifs is 2. The molecule has 0 unspecified atom stereocenters. The van der Waals surface area contributed by atoms with E-state index in [4.69, 9.17) is 4.74 Å². The van der Waals surface area contributed by atoms with Gasteiger partial charge in [0.2, 0.25) is 0 Å². The SMILES string of the molecule is [c]1cccc2c1C=Nc1ccccc1O2. The van der Waals surface area contributed by atoms with Gasteiger partial charge in [0.25, 0.3) is 0 Å². The molecule has 2 heteroatoms. The van der Waals surface area contributed by atoms with E-state index < -0.39 is 0 Å². The Kier molecular flexibility index (Phi) is 1.78. The van der Waals surface area contributed by atoms with Crippen molar-refractivity contribution in [2.75, 3.05) is 0 Å². The summed E-state index contributed by atoms with van der Waals surface area (Å²) in [7, 11) is 0. The first kappa shape index (κ1) is 8.24. The fraction of sp³-hybridized carbons (Fsp3) is 0. The van der Waals surface area contributed by atoms with Crippen LogP contribution < -0.4 is 4.74 Å². The average molecular weight is 194 g/mol. The van der Waals surface area contributed by atoms with Crippen molar-refractivity contribution < 1.29 is 4.74 Å². The quantitative estimate of drug-likeness (QED) is 0.537. The highest BCUT2D eigenvalue weighted by Gasteiger charge is 2.09. The Balaban J connectivity index is 2.19. The molecule has 0 spiro atoms. The van der Waals surface area contributed by atoms with E-state index in [1.165, 1.54) is 0 Å². The number of hydrogen-bond donors (Lipinski definition) is 0. The molecule has 0 saturated carbocycles. The van der Waals surface area contributed by atoms with Gasteiger partial charge in [0.1, 0.15) is 11.4 Å². The van der Waals surface area contributed by atoms with E-state index in [2.05, 4.69) is 11.1 Å². The lowest BCUT2D eigenvalue weighted by Gasteiger charge is -2.06. The Bertz CT molecular complexity index is 484. The van der Waals surface area contributed by atoms with Gasteiger partial charge in [-0.05, 0) is 24.3 Å². The molecule has 0 bridgehead atoms. The molecule has 0 saturated heterocycles. The summed E-state index contributed by atoms with van der Waals surface area (Å²) in [5.74, 6) is 1.58. The highest BCUT2D eigenvalue weighted by Crippen LogP contribution is 2.34. The van der Waals surface area contributed by atoms with Crippen molar-refractivity contribution in [2.45, 2.75) is 0 Å². The van der Waals surface area contributed by atoms with Crippen LogP contribution in [0.15, 0.2) is 47.5 Å². The van der Waals surface area contributed by atoms with Crippen molar-refractivity contribution in [3.63, 3.8) is 0 Å². The van der Waals surface area contributed by atoms with Crippen molar-refractivity contribution in [3.8, 4) is 11.5 Å². The molecule has 0 aromatic heterocycles. The Morgan fingerprint density at radius 2 is 1.87 bits per heavy atom. The van der Waals surface area contributed by atoms with E-state index in [-0.39, 0.29) is 0 Å². The highest BCUT2D eigenvalue weighted by molar-refractivity contribution is 5.87. The molecule has 2 nitrogen and oxygen atoms in total. The number of ether oxygens (including phenoxy) is 1. The third-order valence-electron chi connectivity index (χ3n) is 2.27. The van der Waals surface area contributed by atoms with E-state index >= 15 is 0 Å². The van der Waals surface area contributed by atoms with Crippen molar-refractivity contribution >= 4 is 11.9 Å². The van der Waals surface area contributed by atoms with Gasteiger partial charge in [-0.2, -0.15) is 0 Å². The Morgan fingerprint density at radius 3 is 2.87 bits per heavy atom. The van der Waals surface area contributed by atoms with Crippen LogP contribution in [0.25, 0.3) is 0 Å². The topological polar surface area (TPSA) is 21.6 Å². The van der Waals surface area contributed by atoms with Crippen molar-refractivity contribution in [3.05, 3.63) is 54.1 Å². The molecule has 15 heavy (non-hydrogen) atoms. The number of hydrogen-bond acceptors (Lipinski definition) is 2. The molecule has 71 valence electrons. The van der Waals surface area contributed by atoms with Crippen LogP contribution in [0.3, 0.4) is 0 Å². The summed E-state index contributed by atoms with van der Waals surface area (Å²) in [6.07, 6.45) is 1.78. The number of rotatable bonds is 0. The Labute approximate surface area is 87.9 Å².